The first-order chi connectivity index (χ1) is 21.9. The molecule has 0 unspecified atom stereocenters. The maximum atomic E-state index is 8.51. The molecular formula is C44H97O5Ti2-. The van der Waals surface area contributed by atoms with E-state index in [1.165, 1.54) is 51.4 Å². The third-order valence-electron chi connectivity index (χ3n) is 12.4. The Bertz CT molecular complexity index is 440. The van der Waals surface area contributed by atoms with Gasteiger partial charge in [-0.15, -0.1) is 0 Å². The molecule has 0 bridgehead atoms. The van der Waals surface area contributed by atoms with Gasteiger partial charge in [-0.05, 0) is 84.9 Å². The molecule has 2 saturated carbocycles. The Morgan fingerprint density at radius 3 is 0.412 bits per heavy atom. The molecule has 0 spiro atoms. The fourth-order valence-corrected chi connectivity index (χ4v) is 7.36. The van der Waals surface area contributed by atoms with E-state index in [1.807, 2.05) is 0 Å². The Morgan fingerprint density at radius 1 is 0.255 bits per heavy atom. The van der Waals surface area contributed by atoms with E-state index in [4.69, 9.17) is 25.5 Å². The number of rotatable bonds is 18. The molecule has 7 heteroatoms. The minimum absolute atomic E-state index is 0. The third-order valence-corrected chi connectivity index (χ3v) is 12.4. The molecular weight excluding hydrogens is 704 g/mol. The first-order valence-electron chi connectivity index (χ1n) is 19.8. The molecule has 2 rings (SSSR count). The number of aliphatic hydroxyl groups is 5. The molecule has 2 fully saturated rings. The van der Waals surface area contributed by atoms with Crippen molar-refractivity contribution in [2.75, 3.05) is 33.5 Å². The van der Waals surface area contributed by atoms with Gasteiger partial charge in [-0.25, -0.2) is 0 Å². The van der Waals surface area contributed by atoms with Gasteiger partial charge in [0.15, 0.2) is 0 Å². The van der Waals surface area contributed by atoms with Crippen LogP contribution in [0.1, 0.15) is 172 Å². The van der Waals surface area contributed by atoms with Crippen LogP contribution in [-0.4, -0.2) is 59.1 Å². The first-order valence-corrected chi connectivity index (χ1v) is 19.8. The van der Waals surface area contributed by atoms with E-state index >= 15 is 0 Å². The van der Waals surface area contributed by atoms with Gasteiger partial charge in [0.2, 0.25) is 0 Å². The molecule has 0 radical (unpaired) electrons. The molecule has 0 amide bonds. The Hall–Kier alpha value is 1.23. The minimum Gasteiger partial charge on any atom is -0.400 e. The van der Waals surface area contributed by atoms with Crippen LogP contribution in [0.5, 0.6) is 0 Å². The zero-order valence-electron chi connectivity index (χ0n) is 37.2. The summed E-state index contributed by atoms with van der Waals surface area (Å²) in [6.07, 6.45) is 18.6. The second kappa shape index (κ2) is 49.2. The van der Waals surface area contributed by atoms with E-state index in [2.05, 4.69) is 69.2 Å². The average molecular weight is 802 g/mol. The first kappa shape index (κ1) is 70.1. The Labute approximate surface area is 353 Å². The third kappa shape index (κ3) is 35.4. The van der Waals surface area contributed by atoms with Crippen LogP contribution in [0.4, 0.5) is 0 Å². The maximum Gasteiger partial charge on any atom is 2.00 e. The predicted molar refractivity (Wildman–Crippen MR) is 221 cm³/mol. The zero-order chi connectivity index (χ0) is 35.9. The van der Waals surface area contributed by atoms with Gasteiger partial charge in [-0.1, -0.05) is 146 Å². The summed E-state index contributed by atoms with van der Waals surface area (Å²) in [4.78, 5) is 0. The van der Waals surface area contributed by atoms with Crippen LogP contribution in [-0.2, 0) is 43.4 Å². The van der Waals surface area contributed by atoms with E-state index < -0.39 is 0 Å². The zero-order valence-corrected chi connectivity index (χ0v) is 40.3. The SMILES string of the molecule is CC1C(C)C(C)C(C)C1C.CC1C(C)C(C)C(C)C1C.CO.OCCCCCCCCCCO.OCCCCCCCCCCO.[CH3-].[CH3-].[CH3-].[Ti+2].[Ti]. The van der Waals surface area contributed by atoms with Crippen molar-refractivity contribution >= 4 is 0 Å². The van der Waals surface area contributed by atoms with Crippen LogP contribution in [0.15, 0.2) is 0 Å². The standard InChI is InChI=1S/2C10H22O2.2C10H20.CH4O.3CH3.2Ti/c2*11-9-7-5-3-1-2-4-6-8-10-12;2*1-6-7(2)9(4)10(5)8(6)3;1-2;;;;;/h2*11-12H,1-10H2;2*6-10H,1-5H3;2H,1H3;3*1H3;;/q;;;;;3*-1;;+2. The van der Waals surface area contributed by atoms with Gasteiger partial charge in [0.1, 0.15) is 0 Å². The average Bonchev–Trinajstić information content (AvgIpc) is 3.34. The number of unbranched alkanes of at least 4 members (excludes halogenated alkanes) is 14. The molecule has 2 aliphatic rings. The van der Waals surface area contributed by atoms with Crippen LogP contribution in [0.25, 0.3) is 0 Å². The number of hydrogen-bond acceptors (Lipinski definition) is 5. The Morgan fingerprint density at radius 2 is 0.333 bits per heavy atom. The topological polar surface area (TPSA) is 101 Å². The summed E-state index contributed by atoms with van der Waals surface area (Å²) in [5.74, 6) is 9.35. The van der Waals surface area contributed by atoms with Crippen molar-refractivity contribution in [2.24, 2.45) is 59.2 Å². The van der Waals surface area contributed by atoms with Crippen LogP contribution in [0.2, 0.25) is 0 Å². The van der Waals surface area contributed by atoms with Gasteiger partial charge >= 0.3 is 21.7 Å². The maximum absolute atomic E-state index is 8.51. The van der Waals surface area contributed by atoms with Crippen molar-refractivity contribution < 1.29 is 69.0 Å². The predicted octanol–water partition coefficient (Wildman–Crippen LogP) is 11.5. The molecule has 0 atom stereocenters. The summed E-state index contributed by atoms with van der Waals surface area (Å²) in [6, 6.07) is 0. The molecule has 5 N–H and O–H groups in total. The Balaban J connectivity index is -0.0000000768. The second-order valence-electron chi connectivity index (χ2n) is 15.1. The fraction of sp³-hybridized carbons (Fsp3) is 0.932. The van der Waals surface area contributed by atoms with Crippen molar-refractivity contribution in [3.05, 3.63) is 22.3 Å². The fourth-order valence-electron chi connectivity index (χ4n) is 7.36. The van der Waals surface area contributed by atoms with Crippen LogP contribution in [0, 0.1) is 81.5 Å². The van der Waals surface area contributed by atoms with Gasteiger partial charge < -0.3 is 47.8 Å². The van der Waals surface area contributed by atoms with Crippen molar-refractivity contribution in [3.8, 4) is 0 Å². The summed E-state index contributed by atoms with van der Waals surface area (Å²) in [5, 5.41) is 41.0. The van der Waals surface area contributed by atoms with E-state index in [1.54, 1.807) is 0 Å². The summed E-state index contributed by atoms with van der Waals surface area (Å²) in [7, 11) is 1.00. The number of aliphatic hydroxyl groups excluding tert-OH is 5. The van der Waals surface area contributed by atoms with E-state index in [9.17, 15) is 0 Å². The monoisotopic (exact) mass is 802 g/mol. The van der Waals surface area contributed by atoms with Crippen LogP contribution >= 0.6 is 0 Å². The van der Waals surface area contributed by atoms with Gasteiger partial charge in [-0.3, -0.25) is 0 Å². The van der Waals surface area contributed by atoms with Crippen molar-refractivity contribution in [3.63, 3.8) is 0 Å². The smallest absolute Gasteiger partial charge is 0.400 e. The van der Waals surface area contributed by atoms with E-state index in [-0.39, 0.29) is 65.7 Å². The van der Waals surface area contributed by atoms with Crippen molar-refractivity contribution in [2.45, 2.75) is 172 Å². The van der Waals surface area contributed by atoms with E-state index in [0.29, 0.717) is 26.4 Å². The minimum atomic E-state index is 0. The molecule has 0 aliphatic heterocycles. The molecule has 0 heterocycles. The molecule has 5 nitrogen and oxygen atoms in total. The van der Waals surface area contributed by atoms with Crippen molar-refractivity contribution in [1.29, 1.82) is 0 Å². The summed E-state index contributed by atoms with van der Waals surface area (Å²) in [5.41, 5.74) is 0. The van der Waals surface area contributed by atoms with Gasteiger partial charge in [0.25, 0.3) is 0 Å². The summed E-state index contributed by atoms with van der Waals surface area (Å²) < 4.78 is 0. The molecule has 0 aromatic carbocycles. The number of hydrogen-bond donors (Lipinski definition) is 5. The van der Waals surface area contributed by atoms with Gasteiger partial charge in [0.05, 0.1) is 0 Å². The molecule has 312 valence electrons. The molecule has 0 aromatic heterocycles. The second-order valence-corrected chi connectivity index (χ2v) is 15.1. The summed E-state index contributed by atoms with van der Waals surface area (Å²) in [6.45, 7) is 25.3. The summed E-state index contributed by atoms with van der Waals surface area (Å²) >= 11 is 0. The molecule has 51 heavy (non-hydrogen) atoms. The van der Waals surface area contributed by atoms with Crippen molar-refractivity contribution in [1.82, 2.24) is 0 Å². The molecule has 0 aromatic rings. The molecule has 0 saturated heterocycles. The van der Waals surface area contributed by atoms with Gasteiger partial charge in [0, 0.05) is 55.3 Å². The van der Waals surface area contributed by atoms with Gasteiger partial charge in [-0.2, -0.15) is 0 Å². The van der Waals surface area contributed by atoms with Crippen LogP contribution in [0.3, 0.4) is 0 Å². The van der Waals surface area contributed by atoms with Crippen LogP contribution < -0.4 is 0 Å². The molecule has 2 aliphatic carbocycles. The van der Waals surface area contributed by atoms with E-state index in [0.717, 1.165) is 118 Å². The quantitative estimate of drug-likeness (QED) is 0.0540. The normalized spacial score (nSPS) is 26.8. The Kier molecular flexibility index (Phi) is 67.7. The largest absolute Gasteiger partial charge is 2.00 e.